The number of anilines is 1. The number of aryl methyl sites for hydroxylation is 1. The molecule has 7 heteroatoms. The van der Waals surface area contributed by atoms with Crippen LogP contribution in [0.15, 0.2) is 82.4 Å². The summed E-state index contributed by atoms with van der Waals surface area (Å²) in [5.74, 6) is -0.0394. The number of thiocarbonyl (C=S) groups is 1. The maximum atomic E-state index is 12.4. The molecule has 0 aliphatic carbocycles. The van der Waals surface area contributed by atoms with Crippen molar-refractivity contribution in [2.45, 2.75) is 6.92 Å². The Morgan fingerprint density at radius 1 is 1.07 bits per heavy atom. The van der Waals surface area contributed by atoms with Crippen LogP contribution in [0.2, 0.25) is 0 Å². The van der Waals surface area contributed by atoms with Gasteiger partial charge in [-0.05, 0) is 61.6 Å². The number of carbonyl (C=O) groups is 1. The molecule has 0 amide bonds. The van der Waals surface area contributed by atoms with Gasteiger partial charge in [0.05, 0.1) is 11.8 Å². The van der Waals surface area contributed by atoms with Crippen molar-refractivity contribution in [2.75, 3.05) is 5.32 Å². The van der Waals surface area contributed by atoms with Gasteiger partial charge in [0.25, 0.3) is 0 Å². The normalized spacial score (nSPS) is 10.6. The molecule has 3 aromatic carbocycles. The molecule has 0 saturated heterocycles. The number of hydrogen-bond acceptors (Lipinski definition) is 4. The van der Waals surface area contributed by atoms with E-state index >= 15 is 0 Å². The zero-order valence-electron chi connectivity index (χ0n) is 15.6. The minimum Gasteiger partial charge on any atom is -0.422 e. The lowest BCUT2D eigenvalue weighted by atomic mass is 10.1. The molecule has 0 bridgehead atoms. The van der Waals surface area contributed by atoms with Gasteiger partial charge in [-0.15, -0.1) is 0 Å². The van der Waals surface area contributed by atoms with Crippen LogP contribution in [-0.2, 0) is 0 Å². The van der Waals surface area contributed by atoms with E-state index in [-0.39, 0.29) is 0 Å². The lowest BCUT2D eigenvalue weighted by Gasteiger charge is -2.09. The van der Waals surface area contributed by atoms with Crippen molar-refractivity contribution in [3.63, 3.8) is 0 Å². The first-order chi connectivity index (χ1) is 14.0. The fraction of sp³-hybridized carbons (Fsp3) is 0.0455. The van der Waals surface area contributed by atoms with Gasteiger partial charge in [-0.3, -0.25) is 5.43 Å². The predicted octanol–water partition coefficient (Wildman–Crippen LogP) is 5.30. The van der Waals surface area contributed by atoms with Crippen molar-refractivity contribution < 1.29 is 9.53 Å². The number of hydrogen-bond donors (Lipinski definition) is 2. The molecule has 146 valence electrons. The van der Waals surface area contributed by atoms with E-state index in [0.717, 1.165) is 15.7 Å². The van der Waals surface area contributed by atoms with Gasteiger partial charge in [-0.1, -0.05) is 51.8 Å². The lowest BCUT2D eigenvalue weighted by molar-refractivity contribution is 0.0734. The van der Waals surface area contributed by atoms with E-state index in [2.05, 4.69) is 31.8 Å². The average molecular weight is 468 g/mol. The number of esters is 1. The van der Waals surface area contributed by atoms with Crippen molar-refractivity contribution in [1.29, 1.82) is 0 Å². The van der Waals surface area contributed by atoms with Gasteiger partial charge in [0.1, 0.15) is 5.75 Å². The van der Waals surface area contributed by atoms with Gasteiger partial charge in [0.15, 0.2) is 5.11 Å². The van der Waals surface area contributed by atoms with Gasteiger partial charge < -0.3 is 10.1 Å². The van der Waals surface area contributed by atoms with E-state index in [1.165, 1.54) is 0 Å². The Kier molecular flexibility index (Phi) is 7.10. The highest BCUT2D eigenvalue weighted by Crippen LogP contribution is 2.23. The molecule has 0 saturated carbocycles. The molecule has 0 aliphatic heterocycles. The molecule has 0 fully saturated rings. The van der Waals surface area contributed by atoms with Crippen LogP contribution < -0.4 is 15.5 Å². The van der Waals surface area contributed by atoms with Crippen LogP contribution in [-0.4, -0.2) is 17.3 Å². The van der Waals surface area contributed by atoms with Crippen molar-refractivity contribution in [2.24, 2.45) is 5.10 Å². The van der Waals surface area contributed by atoms with Crippen molar-refractivity contribution in [3.05, 3.63) is 94.0 Å². The second-order valence-electron chi connectivity index (χ2n) is 6.13. The molecule has 0 aromatic heterocycles. The fourth-order valence-electron chi connectivity index (χ4n) is 2.40. The minimum absolute atomic E-state index is 0.348. The molecule has 0 aliphatic rings. The summed E-state index contributed by atoms with van der Waals surface area (Å²) >= 11 is 8.64. The summed E-state index contributed by atoms with van der Waals surface area (Å²) in [4.78, 5) is 12.4. The second kappa shape index (κ2) is 9.95. The first kappa shape index (κ1) is 20.7. The van der Waals surface area contributed by atoms with E-state index in [1.807, 2.05) is 49.4 Å². The van der Waals surface area contributed by atoms with Gasteiger partial charge in [-0.25, -0.2) is 4.79 Å². The van der Waals surface area contributed by atoms with E-state index in [0.29, 0.717) is 22.0 Å². The zero-order valence-corrected chi connectivity index (χ0v) is 18.0. The highest BCUT2D eigenvalue weighted by molar-refractivity contribution is 9.10. The molecule has 0 radical (unpaired) electrons. The highest BCUT2D eigenvalue weighted by atomic mass is 79.9. The van der Waals surface area contributed by atoms with E-state index < -0.39 is 5.97 Å². The molecule has 3 rings (SSSR count). The maximum Gasteiger partial charge on any atom is 0.343 e. The Morgan fingerprint density at radius 2 is 1.79 bits per heavy atom. The summed E-state index contributed by atoms with van der Waals surface area (Å²) in [5, 5.41) is 7.51. The van der Waals surface area contributed by atoms with Gasteiger partial charge in [-0.2, -0.15) is 5.10 Å². The number of nitrogens with one attached hydrogen (secondary N) is 2. The number of rotatable bonds is 5. The standard InChI is InChI=1S/C22H18BrN3O2S/c1-15-7-9-16(10-8-15)21(27)28-20-12-11-18(23)13-17(20)14-24-26-22(29)25-19-5-3-2-4-6-19/h2-14H,1H3,(H2,25,26,29)/b24-14+. The number of hydrazone groups is 1. The number of ether oxygens (including phenoxy) is 1. The van der Waals surface area contributed by atoms with Gasteiger partial charge in [0, 0.05) is 15.7 Å². The summed E-state index contributed by atoms with van der Waals surface area (Å²) in [6.07, 6.45) is 1.54. The van der Waals surface area contributed by atoms with Crippen LogP contribution in [0.4, 0.5) is 5.69 Å². The average Bonchev–Trinajstić information content (AvgIpc) is 2.71. The first-order valence-corrected chi connectivity index (χ1v) is 9.95. The number of benzene rings is 3. The minimum atomic E-state index is -0.434. The molecule has 0 spiro atoms. The third-order valence-corrected chi connectivity index (χ3v) is 4.55. The Hall–Kier alpha value is -3.03. The van der Waals surface area contributed by atoms with Crippen LogP contribution in [0.1, 0.15) is 21.5 Å². The van der Waals surface area contributed by atoms with Crippen molar-refractivity contribution >= 4 is 51.1 Å². The Labute approximate surface area is 182 Å². The van der Waals surface area contributed by atoms with E-state index in [9.17, 15) is 4.79 Å². The SMILES string of the molecule is Cc1ccc(C(=O)Oc2ccc(Br)cc2/C=N/NC(=S)Nc2ccccc2)cc1. The van der Waals surface area contributed by atoms with Crippen molar-refractivity contribution in [1.82, 2.24) is 5.43 Å². The molecule has 0 unspecified atom stereocenters. The summed E-state index contributed by atoms with van der Waals surface area (Å²) < 4.78 is 6.38. The monoisotopic (exact) mass is 467 g/mol. The third-order valence-electron chi connectivity index (χ3n) is 3.86. The van der Waals surface area contributed by atoms with Crippen molar-refractivity contribution in [3.8, 4) is 5.75 Å². The number of carbonyl (C=O) groups excluding carboxylic acids is 1. The molecule has 5 nitrogen and oxygen atoms in total. The summed E-state index contributed by atoms with van der Waals surface area (Å²) in [6, 6.07) is 22.0. The summed E-state index contributed by atoms with van der Waals surface area (Å²) in [6.45, 7) is 1.96. The highest BCUT2D eigenvalue weighted by Gasteiger charge is 2.11. The molecule has 0 heterocycles. The lowest BCUT2D eigenvalue weighted by Crippen LogP contribution is -2.23. The van der Waals surface area contributed by atoms with Crippen LogP contribution in [0.25, 0.3) is 0 Å². The van der Waals surface area contributed by atoms with Crippen LogP contribution in [0.3, 0.4) is 0 Å². The smallest absolute Gasteiger partial charge is 0.343 e. The molecule has 0 atom stereocenters. The number of halogens is 1. The summed E-state index contributed by atoms with van der Waals surface area (Å²) in [7, 11) is 0. The predicted molar refractivity (Wildman–Crippen MR) is 124 cm³/mol. The maximum absolute atomic E-state index is 12.4. The van der Waals surface area contributed by atoms with E-state index in [1.54, 1.807) is 36.5 Å². The molecule has 29 heavy (non-hydrogen) atoms. The van der Waals surface area contributed by atoms with E-state index in [4.69, 9.17) is 17.0 Å². The second-order valence-corrected chi connectivity index (χ2v) is 7.45. The zero-order chi connectivity index (χ0) is 20.6. The first-order valence-electron chi connectivity index (χ1n) is 8.75. The molecular weight excluding hydrogens is 450 g/mol. The molecule has 3 aromatic rings. The Morgan fingerprint density at radius 3 is 2.52 bits per heavy atom. The largest absolute Gasteiger partial charge is 0.422 e. The summed E-state index contributed by atoms with van der Waals surface area (Å²) in [5.41, 5.74) is 5.78. The van der Waals surface area contributed by atoms with Crippen LogP contribution >= 0.6 is 28.1 Å². The number of nitrogens with zero attached hydrogens (tertiary/aromatic N) is 1. The van der Waals surface area contributed by atoms with Crippen LogP contribution in [0.5, 0.6) is 5.75 Å². The fourth-order valence-corrected chi connectivity index (χ4v) is 2.95. The van der Waals surface area contributed by atoms with Crippen LogP contribution in [0, 0.1) is 6.92 Å². The third kappa shape index (κ3) is 6.23. The van der Waals surface area contributed by atoms with Gasteiger partial charge >= 0.3 is 5.97 Å². The molecular formula is C22H18BrN3O2S. The molecule has 2 N–H and O–H groups in total. The topological polar surface area (TPSA) is 62.7 Å². The Bertz CT molecular complexity index is 1040. The quantitative estimate of drug-likeness (QED) is 0.175. The number of para-hydroxylation sites is 1. The van der Waals surface area contributed by atoms with Gasteiger partial charge in [0.2, 0.25) is 0 Å². The Balaban J connectivity index is 1.68.